The van der Waals surface area contributed by atoms with Crippen LogP contribution in [0.15, 0.2) is 28.3 Å². The molecule has 0 atom stereocenters. The number of ether oxygens (including phenoxy) is 2. The summed E-state index contributed by atoms with van der Waals surface area (Å²) in [5.41, 5.74) is 0.687. The second-order valence-corrected chi connectivity index (χ2v) is 6.82. The lowest BCUT2D eigenvalue weighted by atomic mass is 10.2. The van der Waals surface area contributed by atoms with Crippen LogP contribution in [-0.4, -0.2) is 39.5 Å². The van der Waals surface area contributed by atoms with E-state index in [1.165, 1.54) is 0 Å². The first kappa shape index (κ1) is 19.8. The van der Waals surface area contributed by atoms with Crippen molar-refractivity contribution in [1.82, 2.24) is 15.2 Å². The molecule has 0 amide bonds. The number of nitrogens with one attached hydrogen (secondary N) is 1. The van der Waals surface area contributed by atoms with E-state index in [9.17, 15) is 9.90 Å². The van der Waals surface area contributed by atoms with Gasteiger partial charge < -0.3 is 14.6 Å². The topological polar surface area (TPSA) is 97.3 Å². The van der Waals surface area contributed by atoms with Gasteiger partial charge in [0.1, 0.15) is 10.7 Å². The highest BCUT2D eigenvalue weighted by atomic mass is 32.2. The number of carboxylic acid groups (broad SMARTS) is 1. The van der Waals surface area contributed by atoms with Crippen LogP contribution in [0.4, 0.5) is 0 Å². The summed E-state index contributed by atoms with van der Waals surface area (Å²) in [5.74, 6) is 0.863. The van der Waals surface area contributed by atoms with Crippen molar-refractivity contribution >= 4 is 23.8 Å². The van der Waals surface area contributed by atoms with Gasteiger partial charge in [0.2, 0.25) is 5.16 Å². The zero-order valence-corrected chi connectivity index (χ0v) is 16.1. The van der Waals surface area contributed by atoms with Gasteiger partial charge in [0.15, 0.2) is 11.5 Å². The number of benzene rings is 1. The van der Waals surface area contributed by atoms with Gasteiger partial charge in [-0.1, -0.05) is 13.0 Å². The Balaban J connectivity index is 2.25. The smallest absolute Gasteiger partial charge is 0.342 e. The van der Waals surface area contributed by atoms with Crippen LogP contribution in [0.2, 0.25) is 0 Å². The van der Waals surface area contributed by atoms with Crippen molar-refractivity contribution in [3.05, 3.63) is 34.5 Å². The predicted octanol–water partition coefficient (Wildman–Crippen LogP) is 3.77. The van der Waals surface area contributed by atoms with E-state index >= 15 is 0 Å². The molecule has 0 radical (unpaired) electrons. The quantitative estimate of drug-likeness (QED) is 0.507. The minimum absolute atomic E-state index is 0.0125. The van der Waals surface area contributed by atoms with Gasteiger partial charge in [-0.15, -0.1) is 5.10 Å². The molecule has 1 aromatic heterocycles. The number of nitrogens with zero attached hydrogens (tertiary/aromatic N) is 2. The number of rotatable bonds is 9. The van der Waals surface area contributed by atoms with Crippen LogP contribution in [0.25, 0.3) is 6.08 Å². The van der Waals surface area contributed by atoms with Crippen molar-refractivity contribution in [1.29, 1.82) is 0 Å². The van der Waals surface area contributed by atoms with Crippen LogP contribution >= 0.6 is 11.8 Å². The van der Waals surface area contributed by atoms with E-state index < -0.39 is 5.97 Å². The van der Waals surface area contributed by atoms with Gasteiger partial charge in [-0.3, -0.25) is 5.10 Å². The number of hydrogen-bond donors (Lipinski definition) is 2. The van der Waals surface area contributed by atoms with E-state index in [0.29, 0.717) is 22.2 Å². The highest BCUT2D eigenvalue weighted by Gasteiger charge is 2.14. The maximum atomic E-state index is 11.6. The average molecular weight is 377 g/mol. The largest absolute Gasteiger partial charge is 0.493 e. The lowest BCUT2D eigenvalue weighted by molar-refractivity contribution is -0.131. The molecule has 0 saturated carbocycles. The van der Waals surface area contributed by atoms with Crippen LogP contribution in [0.5, 0.6) is 11.5 Å². The number of thioether (sulfide) groups is 1. The monoisotopic (exact) mass is 377 g/mol. The molecule has 26 heavy (non-hydrogen) atoms. The summed E-state index contributed by atoms with van der Waals surface area (Å²) in [4.78, 5) is 16.0. The first-order valence-electron chi connectivity index (χ1n) is 8.31. The molecule has 0 aliphatic heterocycles. The van der Waals surface area contributed by atoms with Gasteiger partial charge in [0.05, 0.1) is 13.2 Å². The number of carbonyl (C=O) groups is 1. The maximum absolute atomic E-state index is 11.6. The Kier molecular flexibility index (Phi) is 7.08. The Hall–Kier alpha value is -2.48. The summed E-state index contributed by atoms with van der Waals surface area (Å²) in [6.45, 7) is 5.89. The predicted molar refractivity (Wildman–Crippen MR) is 101 cm³/mol. The molecule has 0 saturated heterocycles. The van der Waals surface area contributed by atoms with Crippen molar-refractivity contribution in [2.24, 2.45) is 0 Å². The Morgan fingerprint density at radius 3 is 2.77 bits per heavy atom. The molecule has 2 aromatic rings. The number of aryl methyl sites for hydroxylation is 1. The van der Waals surface area contributed by atoms with E-state index in [1.54, 1.807) is 31.4 Å². The molecule has 0 unspecified atom stereocenters. The van der Waals surface area contributed by atoms with E-state index in [1.807, 2.05) is 20.8 Å². The molecule has 1 heterocycles. The molecule has 2 rings (SSSR count). The lowest BCUT2D eigenvalue weighted by Gasteiger charge is -2.14. The number of hydrogen-bond acceptors (Lipinski definition) is 6. The third-order valence-electron chi connectivity index (χ3n) is 3.26. The van der Waals surface area contributed by atoms with Crippen LogP contribution in [0.1, 0.15) is 38.6 Å². The molecule has 140 valence electrons. The molecule has 0 fully saturated rings. The molecule has 0 aliphatic rings. The number of aliphatic carboxylic acids is 1. The Morgan fingerprint density at radius 1 is 1.38 bits per heavy atom. The van der Waals surface area contributed by atoms with Gasteiger partial charge >= 0.3 is 5.97 Å². The van der Waals surface area contributed by atoms with Crippen molar-refractivity contribution in [2.45, 2.75) is 44.9 Å². The van der Waals surface area contributed by atoms with Gasteiger partial charge in [-0.25, -0.2) is 9.78 Å². The van der Waals surface area contributed by atoms with E-state index in [2.05, 4.69) is 15.2 Å². The summed E-state index contributed by atoms with van der Waals surface area (Å²) < 4.78 is 11.0. The first-order valence-corrected chi connectivity index (χ1v) is 9.13. The van der Waals surface area contributed by atoms with E-state index in [4.69, 9.17) is 9.47 Å². The molecule has 2 N–H and O–H groups in total. The van der Waals surface area contributed by atoms with Gasteiger partial charge in [-0.05, 0) is 55.8 Å². The Morgan fingerprint density at radius 2 is 2.15 bits per heavy atom. The molecular weight excluding hydrogens is 354 g/mol. The maximum Gasteiger partial charge on any atom is 0.342 e. The number of carboxylic acids is 1. The zero-order chi connectivity index (χ0) is 19.1. The molecule has 7 nitrogen and oxygen atoms in total. The first-order chi connectivity index (χ1) is 12.4. The number of H-pyrrole nitrogens is 1. The number of aromatic amines is 1. The highest BCUT2D eigenvalue weighted by molar-refractivity contribution is 8.04. The zero-order valence-electron chi connectivity index (χ0n) is 15.3. The van der Waals surface area contributed by atoms with Gasteiger partial charge in [0, 0.05) is 6.42 Å². The third-order valence-corrected chi connectivity index (χ3v) is 4.14. The lowest BCUT2D eigenvalue weighted by Crippen LogP contribution is -2.06. The SMILES string of the molecule is CCCc1nc(S/C(=C/c2ccc(OC(C)C)c(OC)c2)C(=O)O)n[nH]1. The van der Waals surface area contributed by atoms with Crippen LogP contribution in [-0.2, 0) is 11.2 Å². The molecule has 0 aliphatic carbocycles. The molecule has 8 heteroatoms. The highest BCUT2D eigenvalue weighted by Crippen LogP contribution is 2.32. The summed E-state index contributed by atoms with van der Waals surface area (Å²) in [6.07, 6.45) is 3.28. The number of aromatic nitrogens is 3. The van der Waals surface area contributed by atoms with E-state index in [-0.39, 0.29) is 11.0 Å². The van der Waals surface area contributed by atoms with Crippen LogP contribution < -0.4 is 9.47 Å². The second-order valence-electron chi connectivity index (χ2n) is 5.81. The fourth-order valence-electron chi connectivity index (χ4n) is 2.18. The summed E-state index contributed by atoms with van der Waals surface area (Å²) in [5, 5.41) is 16.8. The third kappa shape index (κ3) is 5.52. The van der Waals surface area contributed by atoms with Crippen molar-refractivity contribution < 1.29 is 19.4 Å². The minimum atomic E-state index is -1.04. The summed E-state index contributed by atoms with van der Waals surface area (Å²) in [6, 6.07) is 5.28. The standard InChI is InChI=1S/C18H23N3O4S/c1-5-6-16-19-18(21-20-16)26-15(17(22)23)10-12-7-8-13(25-11(2)3)14(9-12)24-4/h7-11H,5-6H2,1-4H3,(H,22,23)(H,19,20,21)/b15-10+. The normalized spacial score (nSPS) is 11.7. The fourth-order valence-corrected chi connectivity index (χ4v) is 2.91. The van der Waals surface area contributed by atoms with Crippen molar-refractivity contribution in [3.63, 3.8) is 0 Å². The summed E-state index contributed by atoms with van der Waals surface area (Å²) >= 11 is 1.00. The number of methoxy groups -OCH3 is 1. The molecule has 0 spiro atoms. The molecule has 1 aromatic carbocycles. The average Bonchev–Trinajstić information content (AvgIpc) is 3.02. The van der Waals surface area contributed by atoms with E-state index in [0.717, 1.165) is 30.4 Å². The minimum Gasteiger partial charge on any atom is -0.493 e. The Labute approximate surface area is 156 Å². The molecular formula is C18H23N3O4S. The Bertz CT molecular complexity index is 786. The van der Waals surface area contributed by atoms with Crippen molar-refractivity contribution in [3.8, 4) is 11.5 Å². The van der Waals surface area contributed by atoms with Crippen LogP contribution in [0, 0.1) is 0 Å². The second kappa shape index (κ2) is 9.28. The van der Waals surface area contributed by atoms with Crippen LogP contribution in [0.3, 0.4) is 0 Å². The fraction of sp³-hybridized carbons (Fsp3) is 0.389. The summed E-state index contributed by atoms with van der Waals surface area (Å²) in [7, 11) is 1.55. The molecule has 0 bridgehead atoms. The van der Waals surface area contributed by atoms with Gasteiger partial charge in [0.25, 0.3) is 0 Å². The van der Waals surface area contributed by atoms with Gasteiger partial charge in [-0.2, -0.15) is 0 Å². The van der Waals surface area contributed by atoms with Crippen molar-refractivity contribution in [2.75, 3.05) is 7.11 Å².